The van der Waals surface area contributed by atoms with Gasteiger partial charge < -0.3 is 0 Å². The van der Waals surface area contributed by atoms with E-state index in [2.05, 4.69) is 49.6 Å². The summed E-state index contributed by atoms with van der Waals surface area (Å²) in [5.74, 6) is 2.23. The molecule has 0 aliphatic carbocycles. The lowest BCUT2D eigenvalue weighted by Crippen LogP contribution is -2.41. The summed E-state index contributed by atoms with van der Waals surface area (Å²) < 4.78 is 2.57. The molecule has 2 heteroatoms. The van der Waals surface area contributed by atoms with Gasteiger partial charge >= 0.3 is 0 Å². The molecule has 0 aliphatic rings. The number of imidazole rings is 1. The van der Waals surface area contributed by atoms with Gasteiger partial charge in [-0.15, -0.1) is 0 Å². The Bertz CT molecular complexity index is 549. The maximum Gasteiger partial charge on any atom is 0.257 e. The average molecular weight is 490 g/mol. The first-order valence-corrected chi connectivity index (χ1v) is 16.3. The van der Waals surface area contributed by atoms with Crippen molar-refractivity contribution in [3.05, 3.63) is 18.2 Å². The average Bonchev–Trinajstić information content (AvgIpc) is 3.35. The molecule has 0 saturated carbocycles. The summed E-state index contributed by atoms with van der Waals surface area (Å²) in [6, 6.07) is 0.615. The van der Waals surface area contributed by atoms with E-state index < -0.39 is 0 Å². The third-order valence-electron chi connectivity index (χ3n) is 8.12. The van der Waals surface area contributed by atoms with Crippen LogP contribution in [0.15, 0.2) is 12.4 Å². The van der Waals surface area contributed by atoms with Gasteiger partial charge in [-0.3, -0.25) is 0 Å². The van der Waals surface area contributed by atoms with Crippen molar-refractivity contribution in [3.63, 3.8) is 0 Å². The van der Waals surface area contributed by atoms with Crippen LogP contribution in [0, 0.1) is 0 Å². The van der Waals surface area contributed by atoms with Gasteiger partial charge in [0.05, 0.1) is 12.0 Å². The minimum absolute atomic E-state index is 0.615. The molecule has 1 heterocycles. The smallest absolute Gasteiger partial charge is 0.247 e. The van der Waals surface area contributed by atoms with Gasteiger partial charge in [-0.05, 0) is 26.2 Å². The van der Waals surface area contributed by atoms with Crippen molar-refractivity contribution in [2.75, 3.05) is 0 Å². The predicted molar refractivity (Wildman–Crippen MR) is 156 cm³/mol. The van der Waals surface area contributed by atoms with Gasteiger partial charge in [0.2, 0.25) is 0 Å². The molecule has 0 saturated heterocycles. The lowest BCUT2D eigenvalue weighted by Gasteiger charge is -2.17. The Kier molecular flexibility index (Phi) is 21.7. The van der Waals surface area contributed by atoms with Crippen LogP contribution in [0.2, 0.25) is 0 Å². The van der Waals surface area contributed by atoms with Crippen molar-refractivity contribution >= 4 is 0 Å². The van der Waals surface area contributed by atoms with E-state index >= 15 is 0 Å². The van der Waals surface area contributed by atoms with E-state index in [4.69, 9.17) is 0 Å². The van der Waals surface area contributed by atoms with E-state index in [1.54, 1.807) is 0 Å². The number of nitrogens with one attached hydrogen (secondary N) is 1. The van der Waals surface area contributed by atoms with Gasteiger partial charge in [0, 0.05) is 0 Å². The Hall–Kier alpha value is -0.790. The zero-order valence-electron chi connectivity index (χ0n) is 24.7. The van der Waals surface area contributed by atoms with Crippen molar-refractivity contribution in [2.24, 2.45) is 0 Å². The summed E-state index contributed by atoms with van der Waals surface area (Å²) in [7, 11) is 0. The first kappa shape index (κ1) is 32.2. The number of nitrogens with zero attached hydrogens (tertiary/aromatic N) is 1. The van der Waals surface area contributed by atoms with Crippen LogP contribution in [-0.4, -0.2) is 4.98 Å². The van der Waals surface area contributed by atoms with Gasteiger partial charge in [0.1, 0.15) is 12.4 Å². The summed E-state index contributed by atoms with van der Waals surface area (Å²) in [6.07, 6.45) is 38.4. The highest BCUT2D eigenvalue weighted by atomic mass is 15.1. The Balaban J connectivity index is 2.35. The van der Waals surface area contributed by atoms with E-state index in [1.807, 2.05) is 0 Å². The highest BCUT2D eigenvalue weighted by Crippen LogP contribution is 2.27. The highest BCUT2D eigenvalue weighted by Gasteiger charge is 2.25. The van der Waals surface area contributed by atoms with Gasteiger partial charge in [0.25, 0.3) is 5.82 Å². The van der Waals surface area contributed by atoms with Crippen LogP contribution in [0.25, 0.3) is 0 Å². The fraction of sp³-hybridized carbons (Fsp3) is 0.909. The van der Waals surface area contributed by atoms with Gasteiger partial charge in [-0.2, -0.15) is 0 Å². The van der Waals surface area contributed by atoms with Crippen molar-refractivity contribution in [3.8, 4) is 0 Å². The SMILES string of the molecule is CCCCCCCCCCCCCC(CCCCCCCCCCC)c1[nH]cc[n+]1C(C)CCC. The van der Waals surface area contributed by atoms with E-state index in [0.29, 0.717) is 12.0 Å². The quantitative estimate of drug-likeness (QED) is 0.0985. The summed E-state index contributed by atoms with van der Waals surface area (Å²) in [5, 5.41) is 0. The highest BCUT2D eigenvalue weighted by molar-refractivity contribution is 4.90. The van der Waals surface area contributed by atoms with E-state index in [1.165, 1.54) is 160 Å². The van der Waals surface area contributed by atoms with Crippen LogP contribution in [0.3, 0.4) is 0 Å². The minimum Gasteiger partial charge on any atom is -0.247 e. The van der Waals surface area contributed by atoms with E-state index in [-0.39, 0.29) is 0 Å². The molecule has 0 bridgehead atoms. The molecule has 0 radical (unpaired) electrons. The Labute approximate surface area is 221 Å². The fourth-order valence-corrected chi connectivity index (χ4v) is 5.80. The molecule has 2 unspecified atom stereocenters. The number of hydrogen-bond donors (Lipinski definition) is 1. The van der Waals surface area contributed by atoms with Gasteiger partial charge in [0.15, 0.2) is 0 Å². The van der Waals surface area contributed by atoms with Crippen LogP contribution >= 0.6 is 0 Å². The minimum atomic E-state index is 0.615. The zero-order chi connectivity index (χ0) is 25.4. The number of aromatic nitrogens is 2. The molecular weight excluding hydrogens is 424 g/mol. The largest absolute Gasteiger partial charge is 0.257 e. The van der Waals surface area contributed by atoms with Crippen LogP contribution in [0.5, 0.6) is 0 Å². The molecular formula is C33H65N2+. The molecule has 0 amide bonds. The molecule has 1 aromatic rings. The second-order valence-corrected chi connectivity index (χ2v) is 11.5. The van der Waals surface area contributed by atoms with Crippen molar-refractivity contribution in [1.82, 2.24) is 4.98 Å². The summed E-state index contributed by atoms with van der Waals surface area (Å²) >= 11 is 0. The van der Waals surface area contributed by atoms with Crippen molar-refractivity contribution < 1.29 is 4.57 Å². The van der Waals surface area contributed by atoms with E-state index in [9.17, 15) is 0 Å². The van der Waals surface area contributed by atoms with Crippen LogP contribution in [0.1, 0.15) is 200 Å². The Morgan fingerprint density at radius 1 is 0.543 bits per heavy atom. The number of aromatic amines is 1. The first-order valence-electron chi connectivity index (χ1n) is 16.3. The zero-order valence-corrected chi connectivity index (χ0v) is 24.7. The summed E-state index contributed by atoms with van der Waals surface area (Å²) in [5.41, 5.74) is 0. The fourth-order valence-electron chi connectivity index (χ4n) is 5.80. The summed E-state index contributed by atoms with van der Waals surface area (Å²) in [4.78, 5) is 3.68. The van der Waals surface area contributed by atoms with Gasteiger partial charge in [-0.1, -0.05) is 156 Å². The molecule has 1 N–H and O–H groups in total. The topological polar surface area (TPSA) is 19.7 Å². The monoisotopic (exact) mass is 490 g/mol. The lowest BCUT2D eigenvalue weighted by atomic mass is 9.92. The second-order valence-electron chi connectivity index (χ2n) is 11.5. The molecule has 35 heavy (non-hydrogen) atoms. The Morgan fingerprint density at radius 3 is 1.34 bits per heavy atom. The van der Waals surface area contributed by atoms with Crippen LogP contribution in [0.4, 0.5) is 0 Å². The maximum absolute atomic E-state index is 3.68. The van der Waals surface area contributed by atoms with E-state index in [0.717, 1.165) is 0 Å². The standard InChI is InChI=1S/C33H64N2/c1-5-8-10-12-14-16-17-19-21-23-25-28-32(27-24-22-20-18-15-13-11-9-6-2)33-34-29-30-35(33)31(4)26-7-3/h29-32H,5-28H2,1-4H3/p+1. The Morgan fingerprint density at radius 2 is 0.943 bits per heavy atom. The molecule has 2 nitrogen and oxygen atoms in total. The van der Waals surface area contributed by atoms with Crippen molar-refractivity contribution in [2.45, 2.75) is 194 Å². The number of unbranched alkanes of at least 4 members (excludes halogenated alkanes) is 18. The third kappa shape index (κ3) is 16.6. The predicted octanol–water partition coefficient (Wildman–Crippen LogP) is 11.4. The molecule has 0 spiro atoms. The van der Waals surface area contributed by atoms with Crippen LogP contribution < -0.4 is 4.57 Å². The summed E-state index contributed by atoms with van der Waals surface area (Å²) in [6.45, 7) is 9.33. The maximum atomic E-state index is 3.68. The molecule has 206 valence electrons. The molecule has 0 aliphatic heterocycles. The molecule has 2 atom stereocenters. The first-order chi connectivity index (χ1) is 17.2. The number of H-pyrrole nitrogens is 1. The molecule has 0 fully saturated rings. The number of rotatable bonds is 26. The lowest BCUT2D eigenvalue weighted by molar-refractivity contribution is -0.727. The molecule has 1 aromatic heterocycles. The van der Waals surface area contributed by atoms with Crippen LogP contribution in [-0.2, 0) is 0 Å². The molecule has 1 rings (SSSR count). The number of hydrogen-bond acceptors (Lipinski definition) is 0. The van der Waals surface area contributed by atoms with Gasteiger partial charge in [-0.25, -0.2) is 9.55 Å². The normalized spacial score (nSPS) is 13.4. The second kappa shape index (κ2) is 23.6. The van der Waals surface area contributed by atoms with Crippen molar-refractivity contribution in [1.29, 1.82) is 0 Å². The third-order valence-corrected chi connectivity index (χ3v) is 8.12. The molecule has 0 aromatic carbocycles.